The first-order chi connectivity index (χ1) is 12.6. The molecule has 0 spiro atoms. The number of pyridine rings is 1. The van der Waals surface area contributed by atoms with E-state index in [1.54, 1.807) is 7.05 Å². The van der Waals surface area contributed by atoms with Crippen LogP contribution in [0.4, 0.5) is 0 Å². The number of aryl methyl sites for hydroxylation is 1. The summed E-state index contributed by atoms with van der Waals surface area (Å²) in [5.41, 5.74) is 3.44. The predicted octanol–water partition coefficient (Wildman–Crippen LogP) is 2.97. The Hall–Kier alpha value is -3.47. The molecule has 0 N–H and O–H groups in total. The van der Waals surface area contributed by atoms with Crippen LogP contribution in [0.15, 0.2) is 76.3 Å². The lowest BCUT2D eigenvalue weighted by atomic mass is 10.0. The highest BCUT2D eigenvalue weighted by Gasteiger charge is 2.17. The maximum absolute atomic E-state index is 12.8. The second-order valence-corrected chi connectivity index (χ2v) is 6.19. The standard InChI is InChI=1S/C21H17N3O2/c1-23-19-16(14-9-5-3-6-10-14)13-17(15-11-7-4-8-12-15)22-18(19)20(25)24(2)21(23)26/h3-13H,1-2H3. The van der Waals surface area contributed by atoms with Crippen molar-refractivity contribution in [2.45, 2.75) is 0 Å². The van der Waals surface area contributed by atoms with Crippen molar-refractivity contribution in [3.63, 3.8) is 0 Å². The van der Waals surface area contributed by atoms with E-state index in [9.17, 15) is 9.59 Å². The molecule has 128 valence electrons. The summed E-state index contributed by atoms with van der Waals surface area (Å²) in [7, 11) is 3.14. The van der Waals surface area contributed by atoms with Crippen LogP contribution in [0.2, 0.25) is 0 Å². The van der Waals surface area contributed by atoms with Crippen LogP contribution in [-0.4, -0.2) is 14.1 Å². The van der Waals surface area contributed by atoms with Gasteiger partial charge < -0.3 is 0 Å². The van der Waals surface area contributed by atoms with Crippen LogP contribution in [0.1, 0.15) is 0 Å². The van der Waals surface area contributed by atoms with Crippen LogP contribution in [0.3, 0.4) is 0 Å². The Bertz CT molecular complexity index is 1220. The Balaban J connectivity index is 2.20. The molecule has 0 aliphatic carbocycles. The van der Waals surface area contributed by atoms with E-state index in [1.807, 2.05) is 66.7 Å². The molecule has 0 radical (unpaired) electrons. The number of aromatic nitrogens is 3. The summed E-state index contributed by atoms with van der Waals surface area (Å²) in [5.74, 6) is 0. The van der Waals surface area contributed by atoms with E-state index in [0.29, 0.717) is 11.2 Å². The fourth-order valence-corrected chi connectivity index (χ4v) is 3.19. The van der Waals surface area contributed by atoms with Crippen molar-refractivity contribution in [2.24, 2.45) is 14.1 Å². The van der Waals surface area contributed by atoms with Crippen molar-refractivity contribution < 1.29 is 0 Å². The van der Waals surface area contributed by atoms with Gasteiger partial charge in [0.05, 0.1) is 11.2 Å². The third kappa shape index (κ3) is 2.45. The zero-order valence-electron chi connectivity index (χ0n) is 14.5. The van der Waals surface area contributed by atoms with Gasteiger partial charge in [-0.15, -0.1) is 0 Å². The molecule has 2 aromatic carbocycles. The van der Waals surface area contributed by atoms with Crippen molar-refractivity contribution in [1.29, 1.82) is 0 Å². The summed E-state index contributed by atoms with van der Waals surface area (Å²) < 4.78 is 2.58. The van der Waals surface area contributed by atoms with E-state index in [4.69, 9.17) is 0 Å². The third-order valence-corrected chi connectivity index (χ3v) is 4.56. The van der Waals surface area contributed by atoms with Crippen LogP contribution in [0.5, 0.6) is 0 Å². The molecule has 0 amide bonds. The Morgan fingerprint density at radius 2 is 1.35 bits per heavy atom. The molecule has 0 unspecified atom stereocenters. The number of hydrogen-bond donors (Lipinski definition) is 0. The SMILES string of the molecule is Cn1c(=O)c2nc(-c3ccccc3)cc(-c3ccccc3)c2n(C)c1=O. The lowest BCUT2D eigenvalue weighted by Crippen LogP contribution is -2.37. The highest BCUT2D eigenvalue weighted by molar-refractivity contribution is 5.93. The molecule has 5 heteroatoms. The minimum atomic E-state index is -0.391. The van der Waals surface area contributed by atoms with Gasteiger partial charge in [0, 0.05) is 25.2 Å². The van der Waals surface area contributed by atoms with Gasteiger partial charge in [-0.25, -0.2) is 9.78 Å². The summed E-state index contributed by atoms with van der Waals surface area (Å²) in [6.45, 7) is 0. The maximum Gasteiger partial charge on any atom is 0.331 e. The molecule has 26 heavy (non-hydrogen) atoms. The van der Waals surface area contributed by atoms with E-state index in [0.717, 1.165) is 21.3 Å². The molecule has 4 aromatic rings. The topological polar surface area (TPSA) is 56.9 Å². The lowest BCUT2D eigenvalue weighted by molar-refractivity contribution is 0.711. The molecule has 0 aliphatic rings. The van der Waals surface area contributed by atoms with E-state index in [1.165, 1.54) is 11.6 Å². The van der Waals surface area contributed by atoms with Gasteiger partial charge in [-0.1, -0.05) is 60.7 Å². The molecule has 0 saturated heterocycles. The largest absolute Gasteiger partial charge is 0.331 e. The van der Waals surface area contributed by atoms with E-state index >= 15 is 0 Å². The number of hydrogen-bond acceptors (Lipinski definition) is 3. The van der Waals surface area contributed by atoms with E-state index in [-0.39, 0.29) is 11.2 Å². The van der Waals surface area contributed by atoms with Gasteiger partial charge in [-0.05, 0) is 11.6 Å². The molecule has 0 aliphatic heterocycles. The molecule has 0 atom stereocenters. The second-order valence-electron chi connectivity index (χ2n) is 6.19. The maximum atomic E-state index is 12.8. The van der Waals surface area contributed by atoms with E-state index in [2.05, 4.69) is 4.98 Å². The van der Waals surface area contributed by atoms with Gasteiger partial charge in [-0.2, -0.15) is 0 Å². The van der Waals surface area contributed by atoms with Crippen LogP contribution in [0.25, 0.3) is 33.4 Å². The fourth-order valence-electron chi connectivity index (χ4n) is 3.19. The van der Waals surface area contributed by atoms with Gasteiger partial charge >= 0.3 is 5.69 Å². The third-order valence-electron chi connectivity index (χ3n) is 4.56. The number of rotatable bonds is 2. The van der Waals surface area contributed by atoms with Crippen LogP contribution >= 0.6 is 0 Å². The molecule has 2 aromatic heterocycles. The first-order valence-corrected chi connectivity index (χ1v) is 8.29. The van der Waals surface area contributed by atoms with Crippen molar-refractivity contribution in [1.82, 2.24) is 14.1 Å². The Kier molecular flexibility index (Phi) is 3.77. The normalized spacial score (nSPS) is 11.0. The van der Waals surface area contributed by atoms with Gasteiger partial charge in [-0.3, -0.25) is 13.9 Å². The molecular formula is C21H17N3O2. The van der Waals surface area contributed by atoms with Crippen LogP contribution < -0.4 is 11.2 Å². The molecule has 0 fully saturated rings. The summed E-state index contributed by atoms with van der Waals surface area (Å²) in [6, 6.07) is 21.4. The first-order valence-electron chi connectivity index (χ1n) is 8.29. The highest BCUT2D eigenvalue weighted by Crippen LogP contribution is 2.30. The highest BCUT2D eigenvalue weighted by atomic mass is 16.2. The van der Waals surface area contributed by atoms with E-state index < -0.39 is 5.56 Å². The number of nitrogens with zero attached hydrogens (tertiary/aromatic N) is 3. The fraction of sp³-hybridized carbons (Fsp3) is 0.0952. The Morgan fingerprint density at radius 1 is 0.769 bits per heavy atom. The summed E-state index contributed by atoms with van der Waals surface area (Å²) in [4.78, 5) is 29.8. The monoisotopic (exact) mass is 343 g/mol. The molecule has 0 saturated carbocycles. The molecule has 0 bridgehead atoms. The van der Waals surface area contributed by atoms with Gasteiger partial charge in [0.1, 0.15) is 0 Å². The van der Waals surface area contributed by atoms with Gasteiger partial charge in [0.25, 0.3) is 5.56 Å². The summed E-state index contributed by atoms with van der Waals surface area (Å²) in [5, 5.41) is 0. The average Bonchev–Trinajstić information content (AvgIpc) is 2.71. The number of benzene rings is 2. The lowest BCUT2D eigenvalue weighted by Gasteiger charge is -2.14. The van der Waals surface area contributed by atoms with Crippen LogP contribution in [0, 0.1) is 0 Å². The predicted molar refractivity (Wildman–Crippen MR) is 103 cm³/mol. The first kappa shape index (κ1) is 16.0. The summed E-state index contributed by atoms with van der Waals surface area (Å²) >= 11 is 0. The number of fused-ring (bicyclic) bond motifs is 1. The minimum absolute atomic E-state index is 0.287. The minimum Gasteiger partial charge on any atom is -0.294 e. The smallest absolute Gasteiger partial charge is 0.294 e. The Labute approximate surface area is 149 Å². The van der Waals surface area contributed by atoms with Crippen molar-refractivity contribution in [2.75, 3.05) is 0 Å². The van der Waals surface area contributed by atoms with Gasteiger partial charge in [0.15, 0.2) is 5.52 Å². The molecular weight excluding hydrogens is 326 g/mol. The molecule has 4 rings (SSSR count). The average molecular weight is 343 g/mol. The zero-order chi connectivity index (χ0) is 18.3. The van der Waals surface area contributed by atoms with Crippen molar-refractivity contribution >= 4 is 11.0 Å². The van der Waals surface area contributed by atoms with Crippen LogP contribution in [-0.2, 0) is 14.1 Å². The van der Waals surface area contributed by atoms with Crippen molar-refractivity contribution in [3.05, 3.63) is 87.6 Å². The molecule has 5 nitrogen and oxygen atoms in total. The zero-order valence-corrected chi connectivity index (χ0v) is 14.5. The van der Waals surface area contributed by atoms with Crippen molar-refractivity contribution in [3.8, 4) is 22.4 Å². The Morgan fingerprint density at radius 3 is 1.96 bits per heavy atom. The second kappa shape index (κ2) is 6.11. The quantitative estimate of drug-likeness (QED) is 0.562. The molecule has 2 heterocycles. The van der Waals surface area contributed by atoms with Gasteiger partial charge in [0.2, 0.25) is 0 Å². The summed E-state index contributed by atoms with van der Waals surface area (Å²) in [6.07, 6.45) is 0.